The summed E-state index contributed by atoms with van der Waals surface area (Å²) in [5.74, 6) is -0.459. The van der Waals surface area contributed by atoms with Crippen LogP contribution < -0.4 is 9.64 Å². The van der Waals surface area contributed by atoms with Crippen molar-refractivity contribution in [2.24, 2.45) is 0 Å². The second kappa shape index (κ2) is 8.25. The summed E-state index contributed by atoms with van der Waals surface area (Å²) in [4.78, 5) is 14.3. The molecule has 0 fully saturated rings. The largest absolute Gasteiger partial charge is 0.435 e. The number of nitriles is 1. The Morgan fingerprint density at radius 1 is 1.20 bits per heavy atom. The van der Waals surface area contributed by atoms with Crippen LogP contribution in [0.15, 0.2) is 42.5 Å². The number of benzene rings is 2. The van der Waals surface area contributed by atoms with E-state index < -0.39 is 6.61 Å². The van der Waals surface area contributed by atoms with Crippen LogP contribution in [0.1, 0.15) is 27.9 Å². The van der Waals surface area contributed by atoms with Crippen molar-refractivity contribution in [3.8, 4) is 11.8 Å². The standard InChI is InChI=1S/C19H18F2N2O2/c1-13-7-8-16(11-14(13)2)23(10-4-9-22)18(24)15-5-3-6-17(12-15)25-19(20)21/h3,5-8,11-12,19H,4,10H2,1-2H3. The molecular weight excluding hydrogens is 326 g/mol. The van der Waals surface area contributed by atoms with Gasteiger partial charge in [0.2, 0.25) is 0 Å². The third kappa shape index (κ3) is 4.77. The van der Waals surface area contributed by atoms with E-state index >= 15 is 0 Å². The van der Waals surface area contributed by atoms with E-state index in [4.69, 9.17) is 5.26 Å². The predicted molar refractivity (Wildman–Crippen MR) is 90.9 cm³/mol. The average molecular weight is 344 g/mol. The van der Waals surface area contributed by atoms with Gasteiger partial charge in [-0.25, -0.2) is 0 Å². The fourth-order valence-corrected chi connectivity index (χ4v) is 2.36. The molecule has 2 aromatic carbocycles. The van der Waals surface area contributed by atoms with Gasteiger partial charge in [-0.3, -0.25) is 4.79 Å². The second-order valence-electron chi connectivity index (χ2n) is 5.54. The first-order valence-corrected chi connectivity index (χ1v) is 7.73. The van der Waals surface area contributed by atoms with E-state index in [1.165, 1.54) is 29.2 Å². The molecule has 0 N–H and O–H groups in total. The second-order valence-corrected chi connectivity index (χ2v) is 5.54. The highest BCUT2D eigenvalue weighted by Crippen LogP contribution is 2.23. The van der Waals surface area contributed by atoms with E-state index in [-0.39, 0.29) is 30.2 Å². The van der Waals surface area contributed by atoms with Crippen LogP contribution in [0.5, 0.6) is 5.75 Å². The van der Waals surface area contributed by atoms with Crippen LogP contribution in [-0.2, 0) is 0 Å². The Morgan fingerprint density at radius 3 is 2.60 bits per heavy atom. The number of anilines is 1. The number of hydrogen-bond donors (Lipinski definition) is 0. The van der Waals surface area contributed by atoms with Gasteiger partial charge in [0.15, 0.2) is 0 Å². The van der Waals surface area contributed by atoms with E-state index in [2.05, 4.69) is 4.74 Å². The fraction of sp³-hybridized carbons (Fsp3) is 0.263. The average Bonchev–Trinajstić information content (AvgIpc) is 2.57. The molecular formula is C19H18F2N2O2. The van der Waals surface area contributed by atoms with Gasteiger partial charge in [-0.05, 0) is 55.3 Å². The summed E-state index contributed by atoms with van der Waals surface area (Å²) in [7, 11) is 0. The van der Waals surface area contributed by atoms with Gasteiger partial charge in [-0.1, -0.05) is 12.1 Å². The number of ether oxygens (including phenoxy) is 1. The maximum absolute atomic E-state index is 12.9. The quantitative estimate of drug-likeness (QED) is 0.777. The van der Waals surface area contributed by atoms with Crippen LogP contribution >= 0.6 is 0 Å². The van der Waals surface area contributed by atoms with Crippen molar-refractivity contribution >= 4 is 11.6 Å². The number of hydrogen-bond acceptors (Lipinski definition) is 3. The molecule has 130 valence electrons. The van der Waals surface area contributed by atoms with Gasteiger partial charge in [-0.2, -0.15) is 14.0 Å². The first-order valence-electron chi connectivity index (χ1n) is 7.73. The molecule has 0 aliphatic carbocycles. The van der Waals surface area contributed by atoms with Crippen molar-refractivity contribution in [2.45, 2.75) is 26.9 Å². The highest BCUT2D eigenvalue weighted by Gasteiger charge is 2.19. The zero-order valence-corrected chi connectivity index (χ0v) is 14.0. The minimum absolute atomic E-state index is 0.0823. The zero-order chi connectivity index (χ0) is 18.4. The van der Waals surface area contributed by atoms with E-state index in [9.17, 15) is 13.6 Å². The van der Waals surface area contributed by atoms with Gasteiger partial charge in [-0.15, -0.1) is 0 Å². The van der Waals surface area contributed by atoms with Gasteiger partial charge in [0.25, 0.3) is 5.91 Å². The normalized spacial score (nSPS) is 10.4. The molecule has 0 aliphatic rings. The van der Waals surface area contributed by atoms with Crippen LogP contribution in [0, 0.1) is 25.2 Å². The zero-order valence-electron chi connectivity index (χ0n) is 14.0. The third-order valence-corrected chi connectivity index (χ3v) is 3.80. The Balaban J connectivity index is 2.35. The Labute approximate surface area is 145 Å². The lowest BCUT2D eigenvalue weighted by Crippen LogP contribution is -2.32. The van der Waals surface area contributed by atoms with Crippen molar-refractivity contribution < 1.29 is 18.3 Å². The van der Waals surface area contributed by atoms with Crippen molar-refractivity contribution in [2.75, 3.05) is 11.4 Å². The third-order valence-electron chi connectivity index (χ3n) is 3.80. The molecule has 0 radical (unpaired) electrons. The van der Waals surface area contributed by atoms with Gasteiger partial charge in [0.05, 0.1) is 12.5 Å². The summed E-state index contributed by atoms with van der Waals surface area (Å²) < 4.78 is 29.1. The van der Waals surface area contributed by atoms with Crippen molar-refractivity contribution in [1.29, 1.82) is 5.26 Å². The van der Waals surface area contributed by atoms with Crippen molar-refractivity contribution in [3.05, 3.63) is 59.2 Å². The monoisotopic (exact) mass is 344 g/mol. The molecule has 0 bridgehead atoms. The molecule has 0 atom stereocenters. The van der Waals surface area contributed by atoms with Crippen molar-refractivity contribution in [1.82, 2.24) is 0 Å². The number of alkyl halides is 2. The summed E-state index contributed by atoms with van der Waals surface area (Å²) in [6.45, 7) is 1.14. The van der Waals surface area contributed by atoms with E-state index in [0.717, 1.165) is 11.1 Å². The van der Waals surface area contributed by atoms with Gasteiger partial charge < -0.3 is 9.64 Å². The minimum atomic E-state index is -2.96. The van der Waals surface area contributed by atoms with E-state index in [1.807, 2.05) is 32.0 Å². The lowest BCUT2D eigenvalue weighted by Gasteiger charge is -2.23. The molecule has 1 amide bonds. The number of aryl methyl sites for hydroxylation is 2. The SMILES string of the molecule is Cc1ccc(N(CCC#N)C(=O)c2cccc(OC(F)F)c2)cc1C. The maximum Gasteiger partial charge on any atom is 0.387 e. The Kier molecular flexibility index (Phi) is 6.07. The van der Waals surface area contributed by atoms with E-state index in [0.29, 0.717) is 5.69 Å². The van der Waals surface area contributed by atoms with Gasteiger partial charge >= 0.3 is 6.61 Å². The molecule has 0 unspecified atom stereocenters. The summed E-state index contributed by atoms with van der Waals surface area (Å²) >= 11 is 0. The molecule has 0 aliphatic heterocycles. The number of rotatable bonds is 6. The van der Waals surface area contributed by atoms with Crippen LogP contribution in [0.2, 0.25) is 0 Å². The Hall–Kier alpha value is -2.94. The number of halogens is 2. The predicted octanol–water partition coefficient (Wildman–Crippen LogP) is 4.47. The maximum atomic E-state index is 12.9. The first-order chi connectivity index (χ1) is 11.9. The van der Waals surface area contributed by atoms with E-state index in [1.54, 1.807) is 6.07 Å². The number of amides is 1. The summed E-state index contributed by atoms with van der Waals surface area (Å²) in [5.41, 5.74) is 2.98. The van der Waals surface area contributed by atoms with Crippen LogP contribution in [0.25, 0.3) is 0 Å². The minimum Gasteiger partial charge on any atom is -0.435 e. The number of carbonyl (C=O) groups excluding carboxylic acids is 1. The molecule has 0 heterocycles. The molecule has 0 spiro atoms. The molecule has 25 heavy (non-hydrogen) atoms. The fourth-order valence-electron chi connectivity index (χ4n) is 2.36. The lowest BCUT2D eigenvalue weighted by molar-refractivity contribution is -0.0498. The summed E-state index contributed by atoms with van der Waals surface area (Å²) in [5, 5.41) is 8.87. The highest BCUT2D eigenvalue weighted by atomic mass is 19.3. The van der Waals surface area contributed by atoms with Crippen LogP contribution in [0.4, 0.5) is 14.5 Å². The Morgan fingerprint density at radius 2 is 1.96 bits per heavy atom. The first kappa shape index (κ1) is 18.4. The van der Waals surface area contributed by atoms with Crippen LogP contribution in [0.3, 0.4) is 0 Å². The molecule has 2 aromatic rings. The van der Waals surface area contributed by atoms with Gasteiger partial charge in [0, 0.05) is 17.8 Å². The molecule has 6 heteroatoms. The molecule has 0 aromatic heterocycles. The summed E-state index contributed by atoms with van der Waals surface area (Å²) in [6, 6.07) is 13.2. The number of carbonyl (C=O) groups is 1. The van der Waals surface area contributed by atoms with Crippen molar-refractivity contribution in [3.63, 3.8) is 0 Å². The molecule has 0 saturated heterocycles. The Bertz CT molecular complexity index is 800. The molecule has 2 rings (SSSR count). The number of nitrogens with zero attached hydrogens (tertiary/aromatic N) is 2. The molecule has 0 saturated carbocycles. The summed E-state index contributed by atoms with van der Waals surface area (Å²) in [6.07, 6.45) is 0.159. The van der Waals surface area contributed by atoms with Gasteiger partial charge in [0.1, 0.15) is 5.75 Å². The lowest BCUT2D eigenvalue weighted by atomic mass is 10.1. The topological polar surface area (TPSA) is 53.3 Å². The smallest absolute Gasteiger partial charge is 0.387 e. The molecule has 4 nitrogen and oxygen atoms in total. The van der Waals surface area contributed by atoms with Crippen LogP contribution in [-0.4, -0.2) is 19.1 Å². The highest BCUT2D eigenvalue weighted by molar-refractivity contribution is 6.06.